The molecule has 1 aliphatic rings. The van der Waals surface area contributed by atoms with Crippen molar-refractivity contribution in [3.8, 4) is 0 Å². The predicted octanol–water partition coefficient (Wildman–Crippen LogP) is 2.87. The van der Waals surface area contributed by atoms with Crippen LogP contribution in [-0.4, -0.2) is 25.2 Å². The van der Waals surface area contributed by atoms with Crippen LogP contribution in [0, 0.1) is 11.3 Å². The highest BCUT2D eigenvalue weighted by Gasteiger charge is 2.26. The van der Waals surface area contributed by atoms with E-state index in [1.54, 1.807) is 0 Å². The molecule has 0 unspecified atom stereocenters. The van der Waals surface area contributed by atoms with Gasteiger partial charge in [-0.05, 0) is 12.8 Å². The van der Waals surface area contributed by atoms with Gasteiger partial charge in [0.1, 0.15) is 0 Å². The Kier molecular flexibility index (Phi) is 6.06. The third-order valence-electron chi connectivity index (χ3n) is 3.32. The molecule has 0 atom stereocenters. The summed E-state index contributed by atoms with van der Waals surface area (Å²) in [4.78, 5) is 22.9. The average molecular weight is 268 g/mol. The van der Waals surface area contributed by atoms with E-state index in [0.29, 0.717) is 0 Å². The topological polar surface area (TPSA) is 52.6 Å². The van der Waals surface area contributed by atoms with Crippen LogP contribution >= 0.6 is 0 Å². The Balaban J connectivity index is 2.30. The molecule has 0 aromatic rings. The first kappa shape index (κ1) is 15.7. The average Bonchev–Trinajstić information content (AvgIpc) is 2.43. The van der Waals surface area contributed by atoms with Crippen LogP contribution in [0.5, 0.6) is 0 Å². The van der Waals surface area contributed by atoms with Crippen molar-refractivity contribution < 1.29 is 19.1 Å². The molecule has 0 N–H and O–H groups in total. The molecule has 0 bridgehead atoms. The second kappa shape index (κ2) is 7.31. The molecule has 0 radical (unpaired) electrons. The first-order valence-electron chi connectivity index (χ1n) is 6.90. The maximum absolute atomic E-state index is 11.9. The Labute approximate surface area is 115 Å². The number of hydrogen-bond donors (Lipinski definition) is 0. The molecule has 1 fully saturated rings. The van der Waals surface area contributed by atoms with Gasteiger partial charge in [0.15, 0.2) is 0 Å². The van der Waals surface area contributed by atoms with E-state index in [0.717, 1.165) is 31.8 Å². The van der Waals surface area contributed by atoms with Crippen molar-refractivity contribution in [2.45, 2.75) is 46.0 Å². The predicted molar refractivity (Wildman–Crippen MR) is 72.5 cm³/mol. The molecule has 0 amide bonds. The molecule has 0 spiro atoms. The highest BCUT2D eigenvalue weighted by molar-refractivity contribution is 5.81. The molecule has 1 saturated carbocycles. The Morgan fingerprint density at radius 1 is 1.16 bits per heavy atom. The number of ether oxygens (including phenoxy) is 2. The van der Waals surface area contributed by atoms with E-state index >= 15 is 0 Å². The summed E-state index contributed by atoms with van der Waals surface area (Å²) in [5.74, 6) is -0.505. The van der Waals surface area contributed by atoms with Gasteiger partial charge in [-0.2, -0.15) is 0 Å². The normalized spacial score (nSPS) is 16.7. The second-order valence-electron chi connectivity index (χ2n) is 5.92. The summed E-state index contributed by atoms with van der Waals surface area (Å²) in [6.45, 7) is 7.63. The van der Waals surface area contributed by atoms with E-state index in [2.05, 4.69) is 6.58 Å². The molecule has 108 valence electrons. The van der Waals surface area contributed by atoms with Gasteiger partial charge >= 0.3 is 11.9 Å². The van der Waals surface area contributed by atoms with E-state index in [-0.39, 0.29) is 30.5 Å². The summed E-state index contributed by atoms with van der Waals surface area (Å²) in [5.41, 5.74) is -0.372. The van der Waals surface area contributed by atoms with Crippen LogP contribution < -0.4 is 0 Å². The van der Waals surface area contributed by atoms with Crippen molar-refractivity contribution in [2.24, 2.45) is 11.3 Å². The van der Waals surface area contributed by atoms with E-state index in [1.807, 2.05) is 13.8 Å². The van der Waals surface area contributed by atoms with E-state index < -0.39 is 5.97 Å². The number of rotatable bonds is 6. The van der Waals surface area contributed by atoms with E-state index in [1.165, 1.54) is 6.42 Å². The minimum Gasteiger partial charge on any atom is -0.465 e. The fraction of sp³-hybridized carbons (Fsp3) is 0.733. The maximum atomic E-state index is 11.9. The molecule has 0 aromatic carbocycles. The van der Waals surface area contributed by atoms with Crippen molar-refractivity contribution >= 4 is 11.9 Å². The van der Waals surface area contributed by atoms with Crippen LogP contribution in [0.3, 0.4) is 0 Å². The van der Waals surface area contributed by atoms with Gasteiger partial charge in [-0.25, -0.2) is 4.79 Å². The standard InChI is InChI=1S/C15H24O4/c1-4-13(16)18-10-15(2,3)11-19-14(17)12-8-6-5-7-9-12/h4,12H,1,5-11H2,2-3H3. The molecule has 1 aliphatic carbocycles. The Hall–Kier alpha value is -1.32. The molecule has 4 nitrogen and oxygen atoms in total. The van der Waals surface area contributed by atoms with Crippen molar-refractivity contribution in [3.05, 3.63) is 12.7 Å². The first-order valence-corrected chi connectivity index (χ1v) is 6.90. The summed E-state index contributed by atoms with van der Waals surface area (Å²) in [6, 6.07) is 0. The first-order chi connectivity index (χ1) is 8.94. The molecule has 4 heteroatoms. The van der Waals surface area contributed by atoms with Crippen LogP contribution in [0.1, 0.15) is 46.0 Å². The number of carbonyl (C=O) groups excluding carboxylic acids is 2. The molecular formula is C15H24O4. The summed E-state index contributed by atoms with van der Waals surface area (Å²) in [7, 11) is 0. The van der Waals surface area contributed by atoms with Gasteiger partial charge in [-0.1, -0.05) is 39.7 Å². The summed E-state index contributed by atoms with van der Waals surface area (Å²) < 4.78 is 10.3. The zero-order valence-corrected chi connectivity index (χ0v) is 11.9. The van der Waals surface area contributed by atoms with E-state index in [9.17, 15) is 9.59 Å². The van der Waals surface area contributed by atoms with Gasteiger partial charge in [0.25, 0.3) is 0 Å². The quantitative estimate of drug-likeness (QED) is 0.549. The van der Waals surface area contributed by atoms with Gasteiger partial charge in [-0.3, -0.25) is 4.79 Å². The Morgan fingerprint density at radius 3 is 2.32 bits per heavy atom. The number of carbonyl (C=O) groups is 2. The lowest BCUT2D eigenvalue weighted by Crippen LogP contribution is -2.30. The highest BCUT2D eigenvalue weighted by atomic mass is 16.5. The van der Waals surface area contributed by atoms with Crippen LogP contribution in [-0.2, 0) is 19.1 Å². The monoisotopic (exact) mass is 268 g/mol. The Bertz CT molecular complexity index is 327. The minimum atomic E-state index is -0.452. The lowest BCUT2D eigenvalue weighted by molar-refractivity contribution is -0.155. The molecule has 0 aromatic heterocycles. The molecule has 0 saturated heterocycles. The molecule has 0 heterocycles. The van der Waals surface area contributed by atoms with Crippen LogP contribution in [0.4, 0.5) is 0 Å². The summed E-state index contributed by atoms with van der Waals surface area (Å²) in [6.07, 6.45) is 6.44. The SMILES string of the molecule is C=CC(=O)OCC(C)(C)COC(=O)C1CCCCC1. The van der Waals surface area contributed by atoms with E-state index in [4.69, 9.17) is 9.47 Å². The fourth-order valence-electron chi connectivity index (χ4n) is 2.09. The third-order valence-corrected chi connectivity index (χ3v) is 3.32. The fourth-order valence-corrected chi connectivity index (χ4v) is 2.09. The molecule has 19 heavy (non-hydrogen) atoms. The van der Waals surface area contributed by atoms with Gasteiger partial charge in [0.2, 0.25) is 0 Å². The highest BCUT2D eigenvalue weighted by Crippen LogP contribution is 2.25. The maximum Gasteiger partial charge on any atom is 0.330 e. The molecular weight excluding hydrogens is 244 g/mol. The summed E-state index contributed by atoms with van der Waals surface area (Å²) in [5, 5.41) is 0. The number of esters is 2. The van der Waals surface area contributed by atoms with Gasteiger partial charge in [0.05, 0.1) is 19.1 Å². The van der Waals surface area contributed by atoms with Gasteiger partial charge in [-0.15, -0.1) is 0 Å². The molecule has 0 aliphatic heterocycles. The third kappa shape index (κ3) is 5.90. The zero-order valence-electron chi connectivity index (χ0n) is 11.9. The smallest absolute Gasteiger partial charge is 0.330 e. The van der Waals surface area contributed by atoms with Crippen molar-refractivity contribution in [1.82, 2.24) is 0 Å². The minimum absolute atomic E-state index is 0.0558. The van der Waals surface area contributed by atoms with Crippen LogP contribution in [0.25, 0.3) is 0 Å². The second-order valence-corrected chi connectivity index (χ2v) is 5.92. The summed E-state index contributed by atoms with van der Waals surface area (Å²) >= 11 is 0. The Morgan fingerprint density at radius 2 is 1.74 bits per heavy atom. The molecule has 1 rings (SSSR count). The van der Waals surface area contributed by atoms with Gasteiger partial charge < -0.3 is 9.47 Å². The lowest BCUT2D eigenvalue weighted by Gasteiger charge is -2.26. The van der Waals surface area contributed by atoms with Crippen LogP contribution in [0.2, 0.25) is 0 Å². The lowest BCUT2D eigenvalue weighted by atomic mass is 9.89. The van der Waals surface area contributed by atoms with Crippen molar-refractivity contribution in [1.29, 1.82) is 0 Å². The van der Waals surface area contributed by atoms with Gasteiger partial charge in [0, 0.05) is 11.5 Å². The largest absolute Gasteiger partial charge is 0.465 e. The van der Waals surface area contributed by atoms with Crippen molar-refractivity contribution in [2.75, 3.05) is 13.2 Å². The number of hydrogen-bond acceptors (Lipinski definition) is 4. The zero-order chi connectivity index (χ0) is 14.3. The van der Waals surface area contributed by atoms with Crippen molar-refractivity contribution in [3.63, 3.8) is 0 Å². The van der Waals surface area contributed by atoms with Crippen LogP contribution in [0.15, 0.2) is 12.7 Å².